The van der Waals surface area contributed by atoms with Crippen LogP contribution in [-0.2, 0) is 12.0 Å². The van der Waals surface area contributed by atoms with Crippen LogP contribution in [0.4, 0.5) is 8.78 Å². The Balaban J connectivity index is 2.43. The van der Waals surface area contributed by atoms with Crippen molar-refractivity contribution in [2.75, 3.05) is 0 Å². The van der Waals surface area contributed by atoms with E-state index in [-0.39, 0.29) is 12.0 Å². The SMILES string of the molecule is CC(O)(Cc1c(Cl)cccc1Cl)c1cccc(F)c1F. The Hall–Kier alpha value is -1.16. The highest BCUT2D eigenvalue weighted by Gasteiger charge is 2.30. The summed E-state index contributed by atoms with van der Waals surface area (Å²) in [7, 11) is 0. The first-order valence-electron chi connectivity index (χ1n) is 5.92. The van der Waals surface area contributed by atoms with E-state index in [0.717, 1.165) is 6.07 Å². The van der Waals surface area contributed by atoms with Crippen LogP contribution < -0.4 is 0 Å². The summed E-state index contributed by atoms with van der Waals surface area (Å²) in [5, 5.41) is 11.2. The number of benzene rings is 2. The van der Waals surface area contributed by atoms with Crippen molar-refractivity contribution in [1.29, 1.82) is 0 Å². The van der Waals surface area contributed by atoms with Crippen LogP contribution in [0.5, 0.6) is 0 Å². The van der Waals surface area contributed by atoms with Gasteiger partial charge in [-0.25, -0.2) is 8.78 Å². The second-order valence-electron chi connectivity index (χ2n) is 4.75. The van der Waals surface area contributed by atoms with E-state index in [4.69, 9.17) is 23.2 Å². The second kappa shape index (κ2) is 5.68. The van der Waals surface area contributed by atoms with E-state index in [1.165, 1.54) is 19.1 Å². The number of aliphatic hydroxyl groups is 1. The lowest BCUT2D eigenvalue weighted by atomic mass is 9.88. The van der Waals surface area contributed by atoms with E-state index in [0.29, 0.717) is 15.6 Å². The van der Waals surface area contributed by atoms with Gasteiger partial charge in [0.2, 0.25) is 0 Å². The summed E-state index contributed by atoms with van der Waals surface area (Å²) in [6.07, 6.45) is -0.0219. The monoisotopic (exact) mass is 316 g/mol. The molecule has 1 N–H and O–H groups in total. The Bertz CT molecular complexity index is 622. The molecule has 0 heterocycles. The van der Waals surface area contributed by atoms with E-state index in [2.05, 4.69) is 0 Å². The molecule has 2 aromatic carbocycles. The lowest BCUT2D eigenvalue weighted by molar-refractivity contribution is 0.0531. The van der Waals surface area contributed by atoms with Gasteiger partial charge in [-0.15, -0.1) is 0 Å². The Morgan fingerprint density at radius 3 is 2.20 bits per heavy atom. The van der Waals surface area contributed by atoms with Crippen LogP contribution in [0.25, 0.3) is 0 Å². The molecule has 2 aromatic rings. The maximum Gasteiger partial charge on any atom is 0.164 e. The molecule has 2 rings (SSSR count). The molecule has 0 amide bonds. The van der Waals surface area contributed by atoms with Gasteiger partial charge >= 0.3 is 0 Å². The molecule has 0 aromatic heterocycles. The van der Waals surface area contributed by atoms with Gasteiger partial charge in [-0.3, -0.25) is 0 Å². The Morgan fingerprint density at radius 2 is 1.60 bits per heavy atom. The van der Waals surface area contributed by atoms with Crippen LogP contribution in [0.1, 0.15) is 18.1 Å². The molecule has 20 heavy (non-hydrogen) atoms. The topological polar surface area (TPSA) is 20.2 Å². The highest BCUT2D eigenvalue weighted by molar-refractivity contribution is 6.36. The second-order valence-corrected chi connectivity index (χ2v) is 5.57. The lowest BCUT2D eigenvalue weighted by Gasteiger charge is -2.25. The van der Waals surface area contributed by atoms with Crippen molar-refractivity contribution in [3.63, 3.8) is 0 Å². The molecule has 1 unspecified atom stereocenters. The summed E-state index contributed by atoms with van der Waals surface area (Å²) in [5.41, 5.74) is -1.26. The molecule has 0 spiro atoms. The first-order valence-corrected chi connectivity index (χ1v) is 6.68. The normalized spacial score (nSPS) is 14.1. The van der Waals surface area contributed by atoms with E-state index in [1.54, 1.807) is 18.2 Å². The molecule has 0 bridgehead atoms. The van der Waals surface area contributed by atoms with Gasteiger partial charge in [-0.05, 0) is 30.7 Å². The van der Waals surface area contributed by atoms with Gasteiger partial charge in [0, 0.05) is 22.0 Å². The Kier molecular flexibility index (Phi) is 4.33. The minimum absolute atomic E-state index is 0.0219. The van der Waals surface area contributed by atoms with Gasteiger partial charge in [0.05, 0.1) is 5.60 Å². The van der Waals surface area contributed by atoms with Gasteiger partial charge in [0.1, 0.15) is 0 Å². The average molecular weight is 317 g/mol. The zero-order valence-electron chi connectivity index (χ0n) is 10.6. The molecule has 0 aliphatic rings. The van der Waals surface area contributed by atoms with Crippen molar-refractivity contribution in [3.8, 4) is 0 Å². The molecule has 0 fully saturated rings. The molecule has 0 radical (unpaired) electrons. The zero-order chi connectivity index (χ0) is 14.9. The van der Waals surface area contributed by atoms with Crippen LogP contribution >= 0.6 is 23.2 Å². The molecule has 5 heteroatoms. The number of rotatable bonds is 3. The molecule has 0 aliphatic carbocycles. The molecule has 0 aliphatic heterocycles. The maximum atomic E-state index is 13.8. The standard InChI is InChI=1S/C15H12Cl2F2O/c1-15(20,10-4-2-7-13(18)14(10)19)8-9-11(16)5-3-6-12(9)17/h2-7,20H,8H2,1H3. The first kappa shape index (κ1) is 15.2. The third-order valence-corrected chi connectivity index (χ3v) is 3.82. The van der Waals surface area contributed by atoms with Crippen molar-refractivity contribution < 1.29 is 13.9 Å². The Labute approximate surface area is 125 Å². The highest BCUT2D eigenvalue weighted by atomic mass is 35.5. The summed E-state index contributed by atoms with van der Waals surface area (Å²) in [6, 6.07) is 8.60. The van der Waals surface area contributed by atoms with Crippen molar-refractivity contribution >= 4 is 23.2 Å². The van der Waals surface area contributed by atoms with E-state index < -0.39 is 17.2 Å². The maximum absolute atomic E-state index is 13.8. The summed E-state index contributed by atoms with van der Waals surface area (Å²) < 4.78 is 27.1. The fraction of sp³-hybridized carbons (Fsp3) is 0.200. The molecular weight excluding hydrogens is 305 g/mol. The molecular formula is C15H12Cl2F2O. The third-order valence-electron chi connectivity index (χ3n) is 3.11. The molecule has 1 atom stereocenters. The Morgan fingerprint density at radius 1 is 1.05 bits per heavy atom. The minimum Gasteiger partial charge on any atom is -0.385 e. The third kappa shape index (κ3) is 2.95. The molecule has 106 valence electrons. The van der Waals surface area contributed by atoms with Crippen LogP contribution in [0.15, 0.2) is 36.4 Å². The van der Waals surface area contributed by atoms with Crippen LogP contribution in [0.3, 0.4) is 0 Å². The van der Waals surface area contributed by atoms with Gasteiger partial charge in [0.15, 0.2) is 11.6 Å². The summed E-state index contributed by atoms with van der Waals surface area (Å²) in [6.45, 7) is 1.39. The van der Waals surface area contributed by atoms with Crippen molar-refractivity contribution in [2.45, 2.75) is 18.9 Å². The quantitative estimate of drug-likeness (QED) is 0.868. The van der Waals surface area contributed by atoms with Crippen LogP contribution in [0, 0.1) is 11.6 Å². The predicted octanol–water partition coefficient (Wildman–Crippen LogP) is 4.72. The number of halogens is 4. The van der Waals surface area contributed by atoms with Gasteiger partial charge in [0.25, 0.3) is 0 Å². The van der Waals surface area contributed by atoms with Crippen molar-refractivity contribution in [2.24, 2.45) is 0 Å². The lowest BCUT2D eigenvalue weighted by Crippen LogP contribution is -2.26. The first-order chi connectivity index (χ1) is 9.33. The summed E-state index contributed by atoms with van der Waals surface area (Å²) in [5.74, 6) is -2.08. The predicted molar refractivity (Wildman–Crippen MR) is 76.1 cm³/mol. The molecule has 1 nitrogen and oxygen atoms in total. The van der Waals surface area contributed by atoms with Crippen molar-refractivity contribution in [3.05, 3.63) is 69.2 Å². The highest BCUT2D eigenvalue weighted by Crippen LogP contribution is 2.34. The molecule has 0 saturated heterocycles. The van der Waals surface area contributed by atoms with E-state index in [9.17, 15) is 13.9 Å². The van der Waals surface area contributed by atoms with Gasteiger partial charge in [-0.2, -0.15) is 0 Å². The van der Waals surface area contributed by atoms with Gasteiger partial charge in [-0.1, -0.05) is 41.4 Å². The number of hydrogen-bond acceptors (Lipinski definition) is 1. The fourth-order valence-electron chi connectivity index (χ4n) is 2.06. The summed E-state index contributed by atoms with van der Waals surface area (Å²) in [4.78, 5) is 0. The fourth-order valence-corrected chi connectivity index (χ4v) is 2.59. The zero-order valence-corrected chi connectivity index (χ0v) is 12.1. The average Bonchev–Trinajstić information content (AvgIpc) is 2.37. The van der Waals surface area contributed by atoms with Crippen molar-refractivity contribution in [1.82, 2.24) is 0 Å². The van der Waals surface area contributed by atoms with E-state index in [1.807, 2.05) is 0 Å². The van der Waals surface area contributed by atoms with Gasteiger partial charge < -0.3 is 5.11 Å². The van der Waals surface area contributed by atoms with E-state index >= 15 is 0 Å². The summed E-state index contributed by atoms with van der Waals surface area (Å²) >= 11 is 12.1. The van der Waals surface area contributed by atoms with Crippen LogP contribution in [0.2, 0.25) is 10.0 Å². The smallest absolute Gasteiger partial charge is 0.164 e. The minimum atomic E-state index is -1.62. The van der Waals surface area contributed by atoms with Crippen LogP contribution in [-0.4, -0.2) is 5.11 Å². The largest absolute Gasteiger partial charge is 0.385 e. The molecule has 0 saturated carbocycles. The number of hydrogen-bond donors (Lipinski definition) is 1.